The Labute approximate surface area is 150 Å². The smallest absolute Gasteiger partial charge is 0.222 e. The maximum absolute atomic E-state index is 12.3. The Morgan fingerprint density at radius 2 is 1.88 bits per heavy atom. The molecule has 2 bridgehead atoms. The van der Waals surface area contributed by atoms with Crippen LogP contribution in [-0.4, -0.2) is 54.0 Å². The van der Waals surface area contributed by atoms with Crippen LogP contribution < -0.4 is 4.74 Å². The van der Waals surface area contributed by atoms with E-state index in [1.807, 2.05) is 12.1 Å². The maximum atomic E-state index is 12.3. The summed E-state index contributed by atoms with van der Waals surface area (Å²) >= 11 is 0. The van der Waals surface area contributed by atoms with Crippen LogP contribution in [0.25, 0.3) is 0 Å². The molecule has 2 atom stereocenters. The van der Waals surface area contributed by atoms with Crippen LogP contribution in [0.5, 0.6) is 5.75 Å². The quantitative estimate of drug-likeness (QED) is 0.798. The van der Waals surface area contributed by atoms with E-state index in [9.17, 15) is 4.79 Å². The minimum atomic E-state index is 0.306. The highest BCUT2D eigenvalue weighted by molar-refractivity contribution is 5.76. The van der Waals surface area contributed by atoms with E-state index in [0.29, 0.717) is 42.5 Å². The van der Waals surface area contributed by atoms with Crippen LogP contribution in [0.4, 0.5) is 0 Å². The molecule has 1 aromatic carbocycles. The van der Waals surface area contributed by atoms with Crippen molar-refractivity contribution in [3.63, 3.8) is 0 Å². The van der Waals surface area contributed by atoms with Crippen molar-refractivity contribution in [1.82, 2.24) is 9.80 Å². The predicted molar refractivity (Wildman–Crippen MR) is 96.2 cm³/mol. The van der Waals surface area contributed by atoms with E-state index in [2.05, 4.69) is 29.7 Å². The lowest BCUT2D eigenvalue weighted by Gasteiger charge is -2.41. The van der Waals surface area contributed by atoms with Crippen molar-refractivity contribution in [2.24, 2.45) is 5.92 Å². The van der Waals surface area contributed by atoms with Gasteiger partial charge in [0, 0.05) is 38.1 Å². The summed E-state index contributed by atoms with van der Waals surface area (Å²) in [5.41, 5.74) is 0.646. The number of amides is 1. The van der Waals surface area contributed by atoms with Gasteiger partial charge < -0.3 is 9.64 Å². The van der Waals surface area contributed by atoms with E-state index in [1.165, 1.54) is 12.8 Å². The molecule has 1 aromatic rings. The highest BCUT2D eigenvalue weighted by atomic mass is 16.5. The molecule has 2 heterocycles. The fourth-order valence-electron chi connectivity index (χ4n) is 3.93. The molecule has 5 heteroatoms. The number of rotatable bonds is 6. The monoisotopic (exact) mass is 341 g/mol. The molecular formula is C20H27N3O2. The lowest BCUT2D eigenvalue weighted by atomic mass is 10.1. The third-order valence-electron chi connectivity index (χ3n) is 5.17. The van der Waals surface area contributed by atoms with E-state index in [4.69, 9.17) is 10.00 Å². The van der Waals surface area contributed by atoms with Gasteiger partial charge in [0.25, 0.3) is 0 Å². The van der Waals surface area contributed by atoms with Gasteiger partial charge in [-0.05, 0) is 43.0 Å². The zero-order valence-corrected chi connectivity index (χ0v) is 15.1. The second-order valence-electron chi connectivity index (χ2n) is 7.50. The zero-order valence-electron chi connectivity index (χ0n) is 15.1. The van der Waals surface area contributed by atoms with E-state index >= 15 is 0 Å². The first-order valence-corrected chi connectivity index (χ1v) is 9.23. The lowest BCUT2D eigenvalue weighted by molar-refractivity contribution is -0.135. The van der Waals surface area contributed by atoms with Gasteiger partial charge in [-0.25, -0.2) is 0 Å². The van der Waals surface area contributed by atoms with Gasteiger partial charge in [-0.15, -0.1) is 0 Å². The fourth-order valence-corrected chi connectivity index (χ4v) is 3.93. The molecule has 0 radical (unpaired) electrons. The largest absolute Gasteiger partial charge is 0.492 e. The Morgan fingerprint density at radius 3 is 2.44 bits per heavy atom. The second-order valence-corrected chi connectivity index (χ2v) is 7.50. The van der Waals surface area contributed by atoms with Gasteiger partial charge in [0.2, 0.25) is 5.91 Å². The number of carbonyl (C=O) groups is 1. The standard InChI is InChI=1S/C20H27N3O2/c1-15(2)11-20(24)22-13-17-5-6-18(14-22)23(17)9-10-25-19-7-3-16(12-21)4-8-19/h3-4,7-8,15,17-18H,5-6,9-11,13-14H2,1-2H3. The summed E-state index contributed by atoms with van der Waals surface area (Å²) in [5.74, 6) is 1.53. The number of nitrogens with zero attached hydrogens (tertiary/aromatic N) is 3. The topological polar surface area (TPSA) is 56.6 Å². The van der Waals surface area contributed by atoms with Crippen LogP contribution in [0.3, 0.4) is 0 Å². The summed E-state index contributed by atoms with van der Waals surface area (Å²) in [5, 5.41) is 8.82. The van der Waals surface area contributed by atoms with Crippen molar-refractivity contribution in [2.45, 2.75) is 45.2 Å². The number of ether oxygens (including phenoxy) is 1. The Kier molecular flexibility index (Phi) is 5.60. The third-order valence-corrected chi connectivity index (χ3v) is 5.17. The van der Waals surface area contributed by atoms with Gasteiger partial charge in [0.1, 0.15) is 12.4 Å². The molecule has 0 aromatic heterocycles. The third kappa shape index (κ3) is 4.32. The molecule has 0 N–H and O–H groups in total. The van der Waals surface area contributed by atoms with Crippen LogP contribution in [0.1, 0.15) is 38.7 Å². The van der Waals surface area contributed by atoms with Crippen molar-refractivity contribution in [3.8, 4) is 11.8 Å². The molecule has 2 aliphatic rings. The molecule has 0 spiro atoms. The summed E-state index contributed by atoms with van der Waals surface area (Å²) in [4.78, 5) is 16.9. The molecule has 2 saturated heterocycles. The fraction of sp³-hybridized carbons (Fsp3) is 0.600. The molecule has 0 aliphatic carbocycles. The Morgan fingerprint density at radius 1 is 1.24 bits per heavy atom. The van der Waals surface area contributed by atoms with Crippen molar-refractivity contribution < 1.29 is 9.53 Å². The van der Waals surface area contributed by atoms with Crippen LogP contribution in [0, 0.1) is 17.2 Å². The molecule has 3 rings (SSSR count). The number of fused-ring (bicyclic) bond motifs is 2. The summed E-state index contributed by atoms with van der Waals surface area (Å²) in [7, 11) is 0. The average molecular weight is 341 g/mol. The number of carbonyl (C=O) groups excluding carboxylic acids is 1. The van der Waals surface area contributed by atoms with Gasteiger partial charge in [0.05, 0.1) is 11.6 Å². The summed E-state index contributed by atoms with van der Waals surface area (Å²) < 4.78 is 5.83. The SMILES string of the molecule is CC(C)CC(=O)N1CC2CCC(C1)N2CCOc1ccc(C#N)cc1. The zero-order chi connectivity index (χ0) is 17.8. The maximum Gasteiger partial charge on any atom is 0.222 e. The van der Waals surface area contributed by atoms with Crippen molar-refractivity contribution in [3.05, 3.63) is 29.8 Å². The van der Waals surface area contributed by atoms with E-state index in [1.54, 1.807) is 12.1 Å². The Bertz CT molecular complexity index is 621. The Hall–Kier alpha value is -2.06. The second kappa shape index (κ2) is 7.88. The summed E-state index contributed by atoms with van der Waals surface area (Å²) in [6, 6.07) is 10.3. The Balaban J connectivity index is 1.48. The van der Waals surface area contributed by atoms with Crippen molar-refractivity contribution in [2.75, 3.05) is 26.2 Å². The molecule has 5 nitrogen and oxygen atoms in total. The number of benzene rings is 1. The van der Waals surface area contributed by atoms with Gasteiger partial charge in [-0.1, -0.05) is 13.8 Å². The molecule has 2 fully saturated rings. The normalized spacial score (nSPS) is 22.9. The van der Waals surface area contributed by atoms with Crippen LogP contribution in [0.15, 0.2) is 24.3 Å². The van der Waals surface area contributed by atoms with E-state index in [-0.39, 0.29) is 0 Å². The number of nitriles is 1. The van der Waals surface area contributed by atoms with E-state index in [0.717, 1.165) is 25.4 Å². The van der Waals surface area contributed by atoms with Gasteiger partial charge >= 0.3 is 0 Å². The molecule has 0 saturated carbocycles. The van der Waals surface area contributed by atoms with Gasteiger partial charge in [0.15, 0.2) is 0 Å². The lowest BCUT2D eigenvalue weighted by Crippen LogP contribution is -2.56. The number of hydrogen-bond acceptors (Lipinski definition) is 4. The molecule has 134 valence electrons. The number of likely N-dealkylation sites (tertiary alicyclic amines) is 1. The minimum absolute atomic E-state index is 0.306. The average Bonchev–Trinajstić information content (AvgIpc) is 2.83. The molecule has 25 heavy (non-hydrogen) atoms. The summed E-state index contributed by atoms with van der Waals surface area (Å²) in [6.45, 7) is 7.45. The van der Waals surface area contributed by atoms with Crippen LogP contribution in [0.2, 0.25) is 0 Å². The molecule has 2 unspecified atom stereocenters. The minimum Gasteiger partial charge on any atom is -0.492 e. The molecule has 1 amide bonds. The predicted octanol–water partition coefficient (Wildman–Crippen LogP) is 2.66. The first-order valence-electron chi connectivity index (χ1n) is 9.23. The highest BCUT2D eigenvalue weighted by Crippen LogP contribution is 2.30. The summed E-state index contributed by atoms with van der Waals surface area (Å²) in [6.07, 6.45) is 3.00. The van der Waals surface area contributed by atoms with Gasteiger partial charge in [-0.2, -0.15) is 5.26 Å². The van der Waals surface area contributed by atoms with Crippen LogP contribution in [-0.2, 0) is 4.79 Å². The number of piperazine rings is 1. The van der Waals surface area contributed by atoms with E-state index < -0.39 is 0 Å². The number of hydrogen-bond donors (Lipinski definition) is 0. The molecule has 2 aliphatic heterocycles. The molecular weight excluding hydrogens is 314 g/mol. The van der Waals surface area contributed by atoms with Gasteiger partial charge in [-0.3, -0.25) is 9.69 Å². The first-order chi connectivity index (χ1) is 12.1. The first kappa shape index (κ1) is 17.8. The highest BCUT2D eigenvalue weighted by Gasteiger charge is 2.40. The van der Waals surface area contributed by atoms with Crippen molar-refractivity contribution >= 4 is 5.91 Å². The van der Waals surface area contributed by atoms with Crippen LogP contribution >= 0.6 is 0 Å². The van der Waals surface area contributed by atoms with Crippen molar-refractivity contribution in [1.29, 1.82) is 5.26 Å².